The topological polar surface area (TPSA) is 99.0 Å². The van der Waals surface area contributed by atoms with Crippen LogP contribution >= 0.6 is 23.4 Å². The van der Waals surface area contributed by atoms with Gasteiger partial charge in [-0.25, -0.2) is 4.42 Å². The summed E-state index contributed by atoms with van der Waals surface area (Å²) in [4.78, 5) is 25.1. The number of hydrogen-bond acceptors (Lipinski definition) is 8. The van der Waals surface area contributed by atoms with Crippen molar-refractivity contribution >= 4 is 46.4 Å². The molecule has 1 unspecified atom stereocenters. The first kappa shape index (κ1) is 24.2. The van der Waals surface area contributed by atoms with E-state index in [0.29, 0.717) is 16.5 Å². The summed E-state index contributed by atoms with van der Waals surface area (Å²) in [6.45, 7) is 1.21. The van der Waals surface area contributed by atoms with Crippen molar-refractivity contribution < 1.29 is 28.5 Å². The van der Waals surface area contributed by atoms with E-state index in [1.54, 1.807) is 12.1 Å². The minimum absolute atomic E-state index is 0.210. The van der Waals surface area contributed by atoms with Crippen molar-refractivity contribution in [2.24, 2.45) is 10.2 Å². The molecule has 0 bridgehead atoms. The third-order valence-corrected chi connectivity index (χ3v) is 4.79. The van der Waals surface area contributed by atoms with E-state index in [4.69, 9.17) is 42.3 Å². The maximum absolute atomic E-state index is 12.9. The lowest BCUT2D eigenvalue weighted by atomic mass is 10.2. The molecule has 0 heterocycles. The number of methoxy groups -OCH3 is 4. The maximum Gasteiger partial charge on any atom is 0.276 e. The van der Waals surface area contributed by atoms with E-state index >= 15 is 0 Å². The summed E-state index contributed by atoms with van der Waals surface area (Å²) in [5.41, 5.74) is 0.424. The van der Waals surface area contributed by atoms with Crippen LogP contribution in [0.2, 0.25) is 5.02 Å². The lowest BCUT2D eigenvalue weighted by Gasteiger charge is -2.19. The molecule has 0 aliphatic heterocycles. The fraction of sp³-hybridized carbons (Fsp3) is 0.300. The van der Waals surface area contributed by atoms with Crippen LogP contribution in [0.15, 0.2) is 40.6 Å². The quantitative estimate of drug-likeness (QED) is 0.302. The van der Waals surface area contributed by atoms with E-state index in [9.17, 15) is 9.59 Å². The molecule has 0 N–H and O–H groups in total. The molecule has 166 valence electrons. The minimum Gasteiger partial charge on any atom is -0.497 e. The van der Waals surface area contributed by atoms with Crippen LogP contribution < -0.4 is 23.4 Å². The van der Waals surface area contributed by atoms with E-state index in [1.807, 2.05) is 0 Å². The molecule has 2 rings (SSSR count). The molecule has 0 aliphatic carbocycles. The van der Waals surface area contributed by atoms with Gasteiger partial charge in [0.2, 0.25) is 6.04 Å². The van der Waals surface area contributed by atoms with Crippen LogP contribution in [-0.2, 0) is 9.59 Å². The van der Waals surface area contributed by atoms with E-state index in [1.165, 1.54) is 53.6 Å². The Balaban J connectivity index is 2.39. The van der Waals surface area contributed by atoms with Crippen LogP contribution in [0.3, 0.4) is 0 Å². The molecule has 11 heteroatoms. The van der Waals surface area contributed by atoms with E-state index in [-0.39, 0.29) is 22.9 Å². The molecular formula is C20H21Cl2N3O6. The van der Waals surface area contributed by atoms with Crippen LogP contribution in [0.5, 0.6) is 23.0 Å². The zero-order chi connectivity index (χ0) is 23.1. The average molecular weight is 470 g/mol. The van der Waals surface area contributed by atoms with Crippen LogP contribution in [0.4, 0.5) is 11.4 Å². The van der Waals surface area contributed by atoms with Gasteiger partial charge in [0.1, 0.15) is 34.4 Å². The number of nitrogens with zero attached hydrogens (tertiary/aromatic N) is 3. The zero-order valence-corrected chi connectivity index (χ0v) is 19.0. The van der Waals surface area contributed by atoms with Crippen molar-refractivity contribution in [3.63, 3.8) is 0 Å². The molecule has 0 aromatic heterocycles. The summed E-state index contributed by atoms with van der Waals surface area (Å²) >= 11 is 12.3. The van der Waals surface area contributed by atoms with Gasteiger partial charge < -0.3 is 18.9 Å². The molecule has 0 spiro atoms. The van der Waals surface area contributed by atoms with Gasteiger partial charge in [0.25, 0.3) is 5.91 Å². The number of rotatable bonds is 9. The fourth-order valence-corrected chi connectivity index (χ4v) is 2.98. The molecule has 2 aromatic carbocycles. The predicted octanol–water partition coefficient (Wildman–Crippen LogP) is 4.60. The van der Waals surface area contributed by atoms with Crippen molar-refractivity contribution in [1.29, 1.82) is 0 Å². The second kappa shape index (κ2) is 10.8. The maximum atomic E-state index is 12.9. The van der Waals surface area contributed by atoms with Gasteiger partial charge in [0, 0.05) is 30.0 Å². The fourth-order valence-electron chi connectivity index (χ4n) is 2.52. The third kappa shape index (κ3) is 5.56. The standard InChI is InChI=1S/C20H21Cl2N3O6/c1-11(26)19(24-23-14-10-16(29-3)13(21)9-17(14)30-4)20(27)25(22)15-7-6-12(28-2)8-18(15)31-5/h6-10,19H,1-5H3. The molecule has 1 atom stereocenters. The number of amides is 1. The number of benzene rings is 2. The summed E-state index contributed by atoms with van der Waals surface area (Å²) in [5, 5.41) is 8.20. The second-order valence-corrected chi connectivity index (χ2v) is 6.79. The smallest absolute Gasteiger partial charge is 0.276 e. The Bertz CT molecular complexity index is 999. The summed E-state index contributed by atoms with van der Waals surface area (Å²) in [7, 11) is 5.76. The summed E-state index contributed by atoms with van der Waals surface area (Å²) in [6.07, 6.45) is 0. The number of carbonyl (C=O) groups excluding carboxylic acids is 2. The molecule has 31 heavy (non-hydrogen) atoms. The molecular weight excluding hydrogens is 449 g/mol. The number of ether oxygens (including phenoxy) is 4. The van der Waals surface area contributed by atoms with Crippen LogP contribution in [0.1, 0.15) is 6.92 Å². The van der Waals surface area contributed by atoms with Gasteiger partial charge in [-0.2, -0.15) is 10.2 Å². The zero-order valence-electron chi connectivity index (χ0n) is 17.5. The van der Waals surface area contributed by atoms with Gasteiger partial charge in [-0.3, -0.25) is 9.59 Å². The summed E-state index contributed by atoms with van der Waals surface area (Å²) in [5.74, 6) is -0.00304. The van der Waals surface area contributed by atoms with Gasteiger partial charge >= 0.3 is 0 Å². The highest BCUT2D eigenvalue weighted by Gasteiger charge is 2.30. The number of hydrogen-bond donors (Lipinski definition) is 0. The Hall–Kier alpha value is -3.04. The molecule has 0 fully saturated rings. The number of azo groups is 1. The number of anilines is 1. The molecule has 2 aromatic rings. The Morgan fingerprint density at radius 1 is 0.935 bits per heavy atom. The van der Waals surface area contributed by atoms with Gasteiger partial charge in [-0.05, 0) is 19.1 Å². The van der Waals surface area contributed by atoms with Gasteiger partial charge in [0.05, 0.1) is 33.5 Å². The first-order chi connectivity index (χ1) is 14.8. The number of Topliss-reactive ketones (excluding diaryl/α,β-unsaturated/α-hetero) is 1. The minimum atomic E-state index is -1.50. The van der Waals surface area contributed by atoms with Crippen LogP contribution in [0.25, 0.3) is 0 Å². The van der Waals surface area contributed by atoms with E-state index < -0.39 is 17.7 Å². The van der Waals surface area contributed by atoms with E-state index in [0.717, 1.165) is 4.42 Å². The Morgan fingerprint density at radius 3 is 2.13 bits per heavy atom. The summed E-state index contributed by atoms with van der Waals surface area (Å²) in [6, 6.07) is 6.11. The SMILES string of the molecule is COc1ccc(N(Cl)C(=O)C(N=Nc2cc(OC)c(Cl)cc2OC)C(C)=O)c(OC)c1. The molecule has 1 amide bonds. The average Bonchev–Trinajstić information content (AvgIpc) is 2.78. The summed E-state index contributed by atoms with van der Waals surface area (Å²) < 4.78 is 21.5. The Morgan fingerprint density at radius 2 is 1.58 bits per heavy atom. The Kier molecular flexibility index (Phi) is 8.47. The molecule has 0 radical (unpaired) electrons. The van der Waals surface area contributed by atoms with Gasteiger partial charge in [-0.1, -0.05) is 11.6 Å². The lowest BCUT2D eigenvalue weighted by molar-refractivity contribution is -0.126. The molecule has 0 saturated heterocycles. The second-order valence-electron chi connectivity index (χ2n) is 6.04. The highest BCUT2D eigenvalue weighted by Crippen LogP contribution is 2.38. The number of carbonyl (C=O) groups is 2. The first-order valence-corrected chi connectivity index (χ1v) is 9.53. The number of halogens is 2. The van der Waals surface area contributed by atoms with Gasteiger partial charge in [-0.15, -0.1) is 0 Å². The highest BCUT2D eigenvalue weighted by atomic mass is 35.5. The predicted molar refractivity (Wildman–Crippen MR) is 116 cm³/mol. The first-order valence-electron chi connectivity index (χ1n) is 8.81. The Labute approximate surface area is 189 Å². The highest BCUT2D eigenvalue weighted by molar-refractivity contribution is 6.39. The third-order valence-electron chi connectivity index (χ3n) is 4.15. The normalized spacial score (nSPS) is 11.7. The lowest BCUT2D eigenvalue weighted by Crippen LogP contribution is -2.36. The number of ketones is 1. The van der Waals surface area contributed by atoms with Crippen LogP contribution in [0, 0.1) is 0 Å². The van der Waals surface area contributed by atoms with E-state index in [2.05, 4.69) is 10.2 Å². The van der Waals surface area contributed by atoms with Crippen molar-refractivity contribution in [3.8, 4) is 23.0 Å². The van der Waals surface area contributed by atoms with Crippen molar-refractivity contribution in [2.45, 2.75) is 13.0 Å². The molecule has 9 nitrogen and oxygen atoms in total. The van der Waals surface area contributed by atoms with Crippen LogP contribution in [-0.4, -0.2) is 46.2 Å². The molecule has 0 saturated carbocycles. The van der Waals surface area contributed by atoms with Crippen molar-refractivity contribution in [2.75, 3.05) is 32.9 Å². The van der Waals surface area contributed by atoms with Gasteiger partial charge in [0.15, 0.2) is 5.78 Å². The monoisotopic (exact) mass is 469 g/mol. The molecule has 0 aliphatic rings. The van der Waals surface area contributed by atoms with Crippen molar-refractivity contribution in [1.82, 2.24) is 0 Å². The largest absolute Gasteiger partial charge is 0.497 e. The van der Waals surface area contributed by atoms with Crippen molar-refractivity contribution in [3.05, 3.63) is 35.4 Å².